The standard InChI is InChI=1S/C30H26N4O3/c1-4-28(35)32-24-11-14-26(15-12-24)34-27(21-25(33-34)13-16-29(36)31-3)30(37-5-2)19-17-23(18-20-30)22-9-7-6-8-10-22/h1-2,6-12,14-15,17-19,21H,13,16,20H2,3H3,(H,31,36)(H,32,35). The second-order valence-electron chi connectivity index (χ2n) is 8.42. The van der Waals surface area contributed by atoms with Crippen LogP contribution in [0, 0.1) is 24.9 Å². The van der Waals surface area contributed by atoms with Crippen LogP contribution in [-0.4, -0.2) is 28.6 Å². The number of nitrogens with one attached hydrogen (secondary N) is 2. The average Bonchev–Trinajstić information content (AvgIpc) is 3.38. The highest BCUT2D eigenvalue weighted by Gasteiger charge is 2.37. The number of aromatic nitrogens is 2. The Morgan fingerprint density at radius 2 is 1.89 bits per heavy atom. The van der Waals surface area contributed by atoms with Gasteiger partial charge in [-0.2, -0.15) is 5.10 Å². The van der Waals surface area contributed by atoms with Crippen LogP contribution in [0.1, 0.15) is 29.8 Å². The number of rotatable bonds is 8. The summed E-state index contributed by atoms with van der Waals surface area (Å²) >= 11 is 0. The van der Waals surface area contributed by atoms with Gasteiger partial charge in [-0.1, -0.05) is 48.9 Å². The summed E-state index contributed by atoms with van der Waals surface area (Å²) in [5.41, 5.74) is 3.91. The number of carbonyl (C=O) groups is 2. The Hall–Kier alpha value is -5.01. The van der Waals surface area contributed by atoms with Gasteiger partial charge >= 0.3 is 0 Å². The molecule has 7 nitrogen and oxygen atoms in total. The first kappa shape index (κ1) is 25.1. The molecular weight excluding hydrogens is 464 g/mol. The van der Waals surface area contributed by atoms with E-state index in [0.29, 0.717) is 24.9 Å². The molecule has 37 heavy (non-hydrogen) atoms. The van der Waals surface area contributed by atoms with Gasteiger partial charge in [0.15, 0.2) is 5.60 Å². The van der Waals surface area contributed by atoms with Crippen LogP contribution in [0.3, 0.4) is 0 Å². The molecule has 1 aliphatic rings. The molecule has 1 heterocycles. The lowest BCUT2D eigenvalue weighted by molar-refractivity contribution is -0.120. The molecule has 0 spiro atoms. The van der Waals surface area contributed by atoms with Crippen molar-refractivity contribution in [2.45, 2.75) is 24.9 Å². The zero-order chi connectivity index (χ0) is 26.3. The normalized spacial score (nSPS) is 16.1. The summed E-state index contributed by atoms with van der Waals surface area (Å²) in [6.45, 7) is 0. The molecule has 2 aromatic carbocycles. The lowest BCUT2D eigenvalue weighted by atomic mass is 9.86. The van der Waals surface area contributed by atoms with Gasteiger partial charge in [-0.15, -0.1) is 6.42 Å². The van der Waals surface area contributed by atoms with E-state index in [1.807, 2.05) is 66.6 Å². The Bertz CT molecular complexity index is 1440. The summed E-state index contributed by atoms with van der Waals surface area (Å²) in [6.07, 6.45) is 20.4. The number of allylic oxidation sites excluding steroid dienone is 2. The summed E-state index contributed by atoms with van der Waals surface area (Å²) in [4.78, 5) is 23.4. The summed E-state index contributed by atoms with van der Waals surface area (Å²) in [7, 11) is 1.60. The minimum atomic E-state index is -0.971. The highest BCUT2D eigenvalue weighted by molar-refractivity contribution is 6.03. The largest absolute Gasteiger partial charge is 0.429 e. The fourth-order valence-electron chi connectivity index (χ4n) is 4.16. The van der Waals surface area contributed by atoms with Crippen LogP contribution in [0.15, 0.2) is 78.9 Å². The van der Waals surface area contributed by atoms with E-state index in [4.69, 9.17) is 22.7 Å². The molecule has 0 saturated carbocycles. The van der Waals surface area contributed by atoms with Crippen molar-refractivity contribution < 1.29 is 14.3 Å². The number of terminal acetylenes is 2. The maximum absolute atomic E-state index is 11.9. The van der Waals surface area contributed by atoms with E-state index in [9.17, 15) is 9.59 Å². The lowest BCUT2D eigenvalue weighted by Crippen LogP contribution is -2.29. The Morgan fingerprint density at radius 3 is 2.51 bits per heavy atom. The third-order valence-corrected chi connectivity index (χ3v) is 6.09. The predicted octanol–water partition coefficient (Wildman–Crippen LogP) is 3.97. The number of aryl methyl sites for hydroxylation is 1. The summed E-state index contributed by atoms with van der Waals surface area (Å²) in [5, 5.41) is 10.0. The van der Waals surface area contributed by atoms with Crippen molar-refractivity contribution in [2.75, 3.05) is 12.4 Å². The highest BCUT2D eigenvalue weighted by Crippen LogP contribution is 2.39. The van der Waals surface area contributed by atoms with E-state index in [1.54, 1.807) is 23.9 Å². The Morgan fingerprint density at radius 1 is 1.14 bits per heavy atom. The van der Waals surface area contributed by atoms with Gasteiger partial charge in [0.05, 0.1) is 17.1 Å². The first-order valence-electron chi connectivity index (χ1n) is 11.7. The van der Waals surface area contributed by atoms with E-state index in [0.717, 1.165) is 28.2 Å². The fourth-order valence-corrected chi connectivity index (χ4v) is 4.16. The summed E-state index contributed by atoms with van der Waals surface area (Å²) < 4.78 is 7.69. The van der Waals surface area contributed by atoms with Crippen molar-refractivity contribution in [3.05, 3.63) is 95.8 Å². The molecule has 0 saturated heterocycles. The minimum absolute atomic E-state index is 0.0766. The Kier molecular flexibility index (Phi) is 7.56. The van der Waals surface area contributed by atoms with Crippen molar-refractivity contribution in [2.24, 2.45) is 0 Å². The SMILES string of the molecule is C#COC1(c2cc(CCC(=O)NC)nn2-c2ccc(NC(=O)C#C)cc2)C=CC(c2ccccc2)=CC1. The monoisotopic (exact) mass is 490 g/mol. The first-order valence-corrected chi connectivity index (χ1v) is 11.7. The number of nitrogens with zero attached hydrogens (tertiary/aromatic N) is 2. The third kappa shape index (κ3) is 5.63. The van der Waals surface area contributed by atoms with Gasteiger partial charge in [-0.3, -0.25) is 9.59 Å². The molecule has 7 heteroatoms. The smallest absolute Gasteiger partial charge is 0.300 e. The number of hydrogen-bond donors (Lipinski definition) is 2. The lowest BCUT2D eigenvalue weighted by Gasteiger charge is -2.30. The molecule has 0 fully saturated rings. The first-order chi connectivity index (χ1) is 18.0. The van der Waals surface area contributed by atoms with E-state index in [-0.39, 0.29) is 5.91 Å². The zero-order valence-electron chi connectivity index (χ0n) is 20.4. The maximum Gasteiger partial charge on any atom is 0.300 e. The molecule has 1 atom stereocenters. The quantitative estimate of drug-likeness (QED) is 0.468. The topological polar surface area (TPSA) is 85.2 Å². The van der Waals surface area contributed by atoms with E-state index in [2.05, 4.69) is 22.8 Å². The van der Waals surface area contributed by atoms with Crippen LogP contribution in [-0.2, 0) is 26.3 Å². The molecule has 1 aliphatic carbocycles. The molecule has 1 unspecified atom stereocenters. The fraction of sp³-hybridized carbons (Fsp3) is 0.167. The van der Waals surface area contributed by atoms with Gasteiger partial charge in [0.25, 0.3) is 5.91 Å². The molecule has 1 aromatic heterocycles. The number of benzene rings is 2. The van der Waals surface area contributed by atoms with Crippen molar-refractivity contribution in [3.63, 3.8) is 0 Å². The van der Waals surface area contributed by atoms with Crippen LogP contribution in [0.4, 0.5) is 5.69 Å². The molecule has 0 bridgehead atoms. The van der Waals surface area contributed by atoms with Gasteiger partial charge in [0, 0.05) is 32.0 Å². The summed E-state index contributed by atoms with van der Waals surface area (Å²) in [6, 6.07) is 19.1. The molecular formula is C30H26N4O3. The van der Waals surface area contributed by atoms with Gasteiger partial charge < -0.3 is 15.4 Å². The van der Waals surface area contributed by atoms with Crippen molar-refractivity contribution in [3.8, 4) is 30.6 Å². The van der Waals surface area contributed by atoms with E-state index in [1.165, 1.54) is 0 Å². The van der Waals surface area contributed by atoms with Gasteiger partial charge in [-0.25, -0.2) is 4.68 Å². The molecule has 2 N–H and O–H groups in total. The summed E-state index contributed by atoms with van der Waals surface area (Å²) in [5.74, 6) is 1.42. The van der Waals surface area contributed by atoms with E-state index < -0.39 is 11.5 Å². The van der Waals surface area contributed by atoms with Crippen LogP contribution in [0.2, 0.25) is 0 Å². The van der Waals surface area contributed by atoms with Crippen LogP contribution in [0.5, 0.6) is 0 Å². The Balaban J connectivity index is 1.73. The maximum atomic E-state index is 11.9. The van der Waals surface area contributed by atoms with Gasteiger partial charge in [0.2, 0.25) is 5.91 Å². The number of amides is 2. The molecule has 3 aromatic rings. The predicted molar refractivity (Wildman–Crippen MR) is 143 cm³/mol. The van der Waals surface area contributed by atoms with Gasteiger partial charge in [0.1, 0.15) is 6.11 Å². The molecule has 184 valence electrons. The number of carbonyl (C=O) groups excluding carboxylic acids is 2. The minimum Gasteiger partial charge on any atom is -0.429 e. The highest BCUT2D eigenvalue weighted by atomic mass is 16.5. The number of anilines is 1. The number of hydrogen-bond acceptors (Lipinski definition) is 4. The van der Waals surface area contributed by atoms with Gasteiger partial charge in [-0.05, 0) is 53.5 Å². The second kappa shape index (κ2) is 11.2. The van der Waals surface area contributed by atoms with Crippen LogP contribution < -0.4 is 10.6 Å². The zero-order valence-corrected chi connectivity index (χ0v) is 20.4. The molecule has 4 rings (SSSR count). The van der Waals surface area contributed by atoms with Crippen molar-refractivity contribution in [1.29, 1.82) is 0 Å². The van der Waals surface area contributed by atoms with Crippen molar-refractivity contribution in [1.82, 2.24) is 15.1 Å². The van der Waals surface area contributed by atoms with Crippen molar-refractivity contribution >= 4 is 23.1 Å². The second-order valence-corrected chi connectivity index (χ2v) is 8.42. The molecule has 0 radical (unpaired) electrons. The molecule has 2 amide bonds. The van der Waals surface area contributed by atoms with Crippen LogP contribution in [0.25, 0.3) is 11.3 Å². The average molecular weight is 491 g/mol. The van der Waals surface area contributed by atoms with Crippen LogP contribution >= 0.6 is 0 Å². The third-order valence-electron chi connectivity index (χ3n) is 6.09. The number of ether oxygens (including phenoxy) is 1. The van der Waals surface area contributed by atoms with E-state index >= 15 is 0 Å². The molecule has 0 aliphatic heterocycles. The Labute approximate surface area is 216 Å².